The van der Waals surface area contributed by atoms with E-state index in [1.54, 1.807) is 0 Å². The van der Waals surface area contributed by atoms with Crippen molar-refractivity contribution in [2.45, 2.75) is 14.7 Å². The molecule has 0 heterocycles. The summed E-state index contributed by atoms with van der Waals surface area (Å²) < 4.78 is 104. The molecule has 31 heteroatoms. The predicted octanol–water partition coefficient (Wildman–Crippen LogP) is -0.0537. The van der Waals surface area contributed by atoms with Crippen LogP contribution < -0.4 is 110 Å². The maximum Gasteiger partial charge on any atom is 1.00 e. The number of anilines is 4. The van der Waals surface area contributed by atoms with E-state index in [-0.39, 0.29) is 156 Å². The molecule has 4 N–H and O–H groups in total. The summed E-state index contributed by atoms with van der Waals surface area (Å²) in [4.78, 5) is 18.4. The molecule has 0 fully saturated rings. The van der Waals surface area contributed by atoms with E-state index >= 15 is 0 Å². The van der Waals surface area contributed by atoms with E-state index < -0.39 is 77.8 Å². The zero-order valence-electron chi connectivity index (χ0n) is 36.6. The summed E-state index contributed by atoms with van der Waals surface area (Å²) in [6.45, 7) is 0. The molecule has 7 aromatic rings. The molecular formula is C40H25N10Na3O15S3. The largest absolute Gasteiger partial charge is 1.00 e. The van der Waals surface area contributed by atoms with E-state index in [1.807, 2.05) is 0 Å². The maximum absolute atomic E-state index is 12.8. The second-order valence-corrected chi connectivity index (χ2v) is 17.9. The fourth-order valence-electron chi connectivity index (χ4n) is 6.16. The Morgan fingerprint density at radius 3 is 1.30 bits per heavy atom. The van der Waals surface area contributed by atoms with E-state index in [0.717, 1.165) is 36.4 Å². The molecule has 0 saturated carbocycles. The molecule has 0 aliphatic carbocycles. The van der Waals surface area contributed by atoms with E-state index in [0.29, 0.717) is 18.2 Å². The molecule has 0 aliphatic heterocycles. The third-order valence-corrected chi connectivity index (χ3v) is 11.9. The Bertz CT molecular complexity index is 3650. The Morgan fingerprint density at radius 1 is 0.465 bits per heavy atom. The number of hydrogen-bond acceptors (Lipinski definition) is 21. The number of nitro groups is 2. The zero-order valence-corrected chi connectivity index (χ0v) is 45.1. The first-order valence-electron chi connectivity index (χ1n) is 18.6. The SMILES string of the molecule is O=[N+]([O-])c1ccc(Nc2ccc(N=Nc3cc(N=Nc4ccc(N=Nc5ccc(Nc6ccc([N+](=O)[O-])cc6S(=O)(=O)O)cc5)c5c(S(=O)(=O)[O-])cccc45)c([O-])cc3[O-])cc2)c(S(=O)(=O)O)c1.[Na+].[Na+].[Na+]. The van der Waals surface area contributed by atoms with Gasteiger partial charge in [0.25, 0.3) is 31.6 Å². The van der Waals surface area contributed by atoms with Crippen LogP contribution in [0.25, 0.3) is 10.8 Å². The van der Waals surface area contributed by atoms with E-state index in [4.69, 9.17) is 0 Å². The molecule has 0 aromatic heterocycles. The number of fused-ring (bicyclic) bond motifs is 1. The molecule has 25 nitrogen and oxygen atoms in total. The van der Waals surface area contributed by atoms with Crippen LogP contribution in [-0.4, -0.2) is 48.8 Å². The second-order valence-electron chi connectivity index (χ2n) is 13.8. The van der Waals surface area contributed by atoms with Gasteiger partial charge in [0.05, 0.1) is 60.2 Å². The average molecular weight is 1050 g/mol. The van der Waals surface area contributed by atoms with Crippen LogP contribution in [0.15, 0.2) is 173 Å². The zero-order chi connectivity index (χ0) is 49.1. The molecule has 0 saturated heterocycles. The van der Waals surface area contributed by atoms with Crippen LogP contribution in [0.1, 0.15) is 0 Å². The third kappa shape index (κ3) is 14.3. The smallest absolute Gasteiger partial charge is 0.871 e. The molecule has 0 bridgehead atoms. The molecule has 0 radical (unpaired) electrons. The number of nitro benzene ring substituents is 2. The topological polar surface area (TPSA) is 397 Å². The summed E-state index contributed by atoms with van der Waals surface area (Å²) in [5.41, 5.74) is -1.52. The summed E-state index contributed by atoms with van der Waals surface area (Å²) in [6, 6.07) is 24.9. The number of hydrogen-bond donors (Lipinski definition) is 4. The number of rotatable bonds is 15. The van der Waals surface area contributed by atoms with Crippen molar-refractivity contribution in [1.29, 1.82) is 0 Å². The Labute approximate surface area is 467 Å². The maximum atomic E-state index is 12.8. The number of nitrogens with one attached hydrogen (secondary N) is 2. The van der Waals surface area contributed by atoms with Crippen LogP contribution in [0.4, 0.5) is 68.2 Å². The van der Waals surface area contributed by atoms with Crippen LogP contribution in [-0.2, 0) is 30.4 Å². The van der Waals surface area contributed by atoms with Gasteiger partial charge in [-0.15, -0.1) is 10.2 Å². The Morgan fingerprint density at radius 2 is 0.873 bits per heavy atom. The molecule has 71 heavy (non-hydrogen) atoms. The van der Waals surface area contributed by atoms with Gasteiger partial charge in [-0.05, 0) is 84.9 Å². The van der Waals surface area contributed by atoms with Crippen molar-refractivity contribution >= 4 is 109 Å². The first kappa shape index (κ1) is 57.9. The number of azo groups is 3. The molecule has 0 aliphatic rings. The van der Waals surface area contributed by atoms with Crippen molar-refractivity contribution in [2.75, 3.05) is 10.6 Å². The minimum Gasteiger partial charge on any atom is -0.871 e. The van der Waals surface area contributed by atoms with Crippen LogP contribution >= 0.6 is 0 Å². The van der Waals surface area contributed by atoms with Gasteiger partial charge in [-0.3, -0.25) is 29.3 Å². The average Bonchev–Trinajstić information content (AvgIpc) is 3.27. The van der Waals surface area contributed by atoms with Gasteiger partial charge in [0.15, 0.2) is 0 Å². The Kier molecular flexibility index (Phi) is 19.3. The van der Waals surface area contributed by atoms with E-state index in [2.05, 4.69) is 41.3 Å². The summed E-state index contributed by atoms with van der Waals surface area (Å²) in [5, 5.41) is 77.2. The number of non-ortho nitro benzene ring substituents is 2. The van der Waals surface area contributed by atoms with E-state index in [1.165, 1.54) is 72.8 Å². The number of nitrogens with zero attached hydrogens (tertiary/aromatic N) is 8. The van der Waals surface area contributed by atoms with Crippen LogP contribution in [0.3, 0.4) is 0 Å². The van der Waals surface area contributed by atoms with Gasteiger partial charge in [-0.25, -0.2) is 8.42 Å². The van der Waals surface area contributed by atoms with Gasteiger partial charge in [0.1, 0.15) is 19.9 Å². The van der Waals surface area contributed by atoms with Crippen molar-refractivity contribution in [1.82, 2.24) is 0 Å². The van der Waals surface area contributed by atoms with Gasteiger partial charge in [0.2, 0.25) is 0 Å². The fourth-order valence-corrected chi connectivity index (χ4v) is 8.20. The van der Waals surface area contributed by atoms with Crippen molar-refractivity contribution in [2.24, 2.45) is 30.7 Å². The van der Waals surface area contributed by atoms with Crippen molar-refractivity contribution < 1.29 is 148 Å². The molecule has 7 rings (SSSR count). The third-order valence-electron chi connectivity index (χ3n) is 9.28. The minimum absolute atomic E-state index is 0. The van der Waals surface area contributed by atoms with Gasteiger partial charge in [-0.2, -0.15) is 37.3 Å². The minimum atomic E-state index is -5.14. The standard InChI is InChI=1S/C40H28N10O15S3.3Na/c51-35-21-36(52)34(20-33(35)47-44-25-10-6-23(7-11-25)42-31-15-13-27(50(55)56)19-39(31)68(63,64)65)48-45-29-16-17-32(40-28(29)2-1-3-37(40)66(57,58)59)46-43-24-8-4-22(5-9-24)41-30-14-12-26(49(53)54)18-38(30)67(60,61)62;;;/h1-21,41-42,51-52H,(H,57,58,59)(H,60,61,62)(H,63,64,65);;;/q;3*+1/p-3. The molecule has 7 aromatic carbocycles. The van der Waals surface area contributed by atoms with Gasteiger partial charge in [0, 0.05) is 46.4 Å². The van der Waals surface area contributed by atoms with Crippen molar-refractivity contribution in [3.05, 3.63) is 148 Å². The van der Waals surface area contributed by atoms with E-state index in [9.17, 15) is 69.4 Å². The summed E-state index contributed by atoms with van der Waals surface area (Å²) >= 11 is 0. The van der Waals surface area contributed by atoms with Gasteiger partial charge >= 0.3 is 88.7 Å². The van der Waals surface area contributed by atoms with Crippen LogP contribution in [0.5, 0.6) is 11.5 Å². The molecular weight excluding hydrogens is 1030 g/mol. The summed E-state index contributed by atoms with van der Waals surface area (Å²) in [6.07, 6.45) is 0. The predicted molar refractivity (Wildman–Crippen MR) is 235 cm³/mol. The van der Waals surface area contributed by atoms with Crippen molar-refractivity contribution in [3.63, 3.8) is 0 Å². The first-order chi connectivity index (χ1) is 32.0. The Balaban J connectivity index is 0.00000365. The van der Waals surface area contributed by atoms with Crippen LogP contribution in [0.2, 0.25) is 0 Å². The monoisotopic (exact) mass is 1050 g/mol. The summed E-state index contributed by atoms with van der Waals surface area (Å²) in [7, 11) is -14.9. The van der Waals surface area contributed by atoms with Crippen LogP contribution in [0, 0.1) is 20.2 Å². The number of benzene rings is 7. The first-order valence-corrected chi connectivity index (χ1v) is 22.9. The molecule has 0 spiro atoms. The fraction of sp³-hybridized carbons (Fsp3) is 0. The quantitative estimate of drug-likeness (QED) is 0.0344. The molecule has 0 atom stereocenters. The molecule has 0 unspecified atom stereocenters. The van der Waals surface area contributed by atoms with Crippen molar-refractivity contribution in [3.8, 4) is 11.5 Å². The van der Waals surface area contributed by atoms with Gasteiger partial charge < -0.3 is 25.4 Å². The second kappa shape index (κ2) is 23.7. The Hall–Kier alpha value is -5.67. The summed E-state index contributed by atoms with van der Waals surface area (Å²) in [5.74, 6) is -1.70. The van der Waals surface area contributed by atoms with Gasteiger partial charge in [-0.1, -0.05) is 29.7 Å². The molecule has 346 valence electrons. The normalized spacial score (nSPS) is 11.8. The molecule has 0 amide bonds.